The minimum atomic E-state index is -0.719. The number of likely N-dealkylation sites (tertiary alicyclic amines) is 1. The maximum atomic E-state index is 13.5. The monoisotopic (exact) mass is 905 g/mol. The van der Waals surface area contributed by atoms with Crippen molar-refractivity contribution < 1.29 is 19.1 Å². The van der Waals surface area contributed by atoms with Gasteiger partial charge in [0, 0.05) is 36.3 Å². The van der Waals surface area contributed by atoms with E-state index in [-0.39, 0.29) is 11.8 Å². The van der Waals surface area contributed by atoms with Crippen LogP contribution < -0.4 is 19.3 Å². The zero-order chi connectivity index (χ0) is 41.9. The minimum absolute atomic E-state index is 0.0508. The molecule has 0 bridgehead atoms. The van der Waals surface area contributed by atoms with E-state index in [0.717, 1.165) is 88.9 Å². The molecule has 0 unspecified atom stereocenters. The highest BCUT2D eigenvalue weighted by Gasteiger charge is 2.37. The number of unbranched alkanes of at least 4 members (excludes halogenated alkanes) is 4. The summed E-state index contributed by atoms with van der Waals surface area (Å²) in [5, 5.41) is 18.5. The number of carbonyl (C=O) groups excluding carboxylic acids is 2. The predicted octanol–water partition coefficient (Wildman–Crippen LogP) is 10.7. The topological polar surface area (TPSA) is 110 Å². The quantitative estimate of drug-likeness (QED) is 0.0746. The molecule has 0 aromatic heterocycles. The average Bonchev–Trinajstić information content (AvgIpc) is 3.25. The molecule has 2 amide bonds. The summed E-state index contributed by atoms with van der Waals surface area (Å²) >= 11 is 2.38. The van der Waals surface area contributed by atoms with E-state index in [2.05, 4.69) is 53.5 Å². The highest BCUT2D eigenvalue weighted by molar-refractivity contribution is 14.1. The number of amides is 2. The summed E-state index contributed by atoms with van der Waals surface area (Å²) in [7, 11) is 0. The number of hydrogen-bond acceptors (Lipinski definition) is 7. The van der Waals surface area contributed by atoms with Crippen LogP contribution in [-0.4, -0.2) is 52.9 Å². The van der Waals surface area contributed by atoms with E-state index in [1.54, 1.807) is 24.3 Å². The third-order valence-corrected chi connectivity index (χ3v) is 12.6. The Balaban J connectivity index is 0.000000204. The molecule has 10 heteroatoms. The number of hydrogen-bond donors (Lipinski definition) is 0. The number of nitrogens with zero attached hydrogens (tertiary/aromatic N) is 5. The Morgan fingerprint density at radius 2 is 1.07 bits per heavy atom. The average molecular weight is 906 g/mol. The number of halogens is 1. The lowest BCUT2D eigenvalue weighted by molar-refractivity contribution is -0.127. The van der Waals surface area contributed by atoms with Crippen molar-refractivity contribution in [1.29, 1.82) is 10.5 Å². The largest absolute Gasteiger partial charge is 0.474 e. The van der Waals surface area contributed by atoms with E-state index in [9.17, 15) is 20.1 Å². The smallest absolute Gasteiger partial charge is 0.272 e. The molecule has 0 aliphatic carbocycles. The van der Waals surface area contributed by atoms with Gasteiger partial charge < -0.3 is 19.3 Å². The van der Waals surface area contributed by atoms with Crippen molar-refractivity contribution in [3.63, 3.8) is 0 Å². The van der Waals surface area contributed by atoms with Crippen molar-refractivity contribution in [2.45, 2.75) is 110 Å². The fourth-order valence-electron chi connectivity index (χ4n) is 8.47. The number of aryl methyl sites for hydroxylation is 2. The first-order valence-electron chi connectivity index (χ1n) is 21.1. The molecule has 1 fully saturated rings. The molecule has 4 aromatic rings. The summed E-state index contributed by atoms with van der Waals surface area (Å²) in [6.07, 6.45) is 8.96. The Morgan fingerprint density at radius 1 is 0.627 bits per heavy atom. The van der Waals surface area contributed by atoms with E-state index < -0.39 is 12.2 Å². The number of fused-ring (bicyclic) bond motifs is 2. The Hall–Kier alpha value is -4.91. The van der Waals surface area contributed by atoms with Crippen LogP contribution in [0.4, 0.5) is 11.4 Å². The second-order valence-electron chi connectivity index (χ2n) is 16.0. The molecule has 4 aromatic carbocycles. The van der Waals surface area contributed by atoms with Gasteiger partial charge >= 0.3 is 0 Å². The zero-order valence-corrected chi connectivity index (χ0v) is 37.0. The van der Waals surface area contributed by atoms with Crippen LogP contribution in [0.25, 0.3) is 0 Å². The second-order valence-corrected chi connectivity index (χ2v) is 17.0. The minimum Gasteiger partial charge on any atom is -0.474 e. The van der Waals surface area contributed by atoms with Crippen LogP contribution in [0, 0.1) is 36.5 Å². The van der Waals surface area contributed by atoms with Gasteiger partial charge in [-0.25, -0.2) is 0 Å². The number of para-hydroxylation sites is 4. The van der Waals surface area contributed by atoms with E-state index in [1.165, 1.54) is 19.3 Å². The Labute approximate surface area is 364 Å². The van der Waals surface area contributed by atoms with Crippen molar-refractivity contribution >= 4 is 45.8 Å². The summed E-state index contributed by atoms with van der Waals surface area (Å²) in [4.78, 5) is 33.1. The van der Waals surface area contributed by atoms with E-state index in [4.69, 9.17) is 9.47 Å². The van der Waals surface area contributed by atoms with Crippen LogP contribution in [0.3, 0.4) is 0 Å². The van der Waals surface area contributed by atoms with Gasteiger partial charge in [0.15, 0.2) is 0 Å². The number of rotatable bonds is 13. The van der Waals surface area contributed by atoms with Crippen molar-refractivity contribution in [3.05, 3.63) is 118 Å². The Kier molecular flexibility index (Phi) is 15.4. The fraction of sp³-hybridized carbons (Fsp3) is 0.429. The van der Waals surface area contributed by atoms with Crippen LogP contribution >= 0.6 is 22.6 Å². The molecule has 3 aliphatic heterocycles. The second kappa shape index (κ2) is 20.9. The van der Waals surface area contributed by atoms with E-state index in [0.29, 0.717) is 42.0 Å². The molecule has 0 saturated carbocycles. The van der Waals surface area contributed by atoms with Crippen molar-refractivity contribution in [2.75, 3.05) is 33.9 Å². The molecule has 3 aliphatic rings. The van der Waals surface area contributed by atoms with Gasteiger partial charge in [-0.1, -0.05) is 78.3 Å². The lowest BCUT2D eigenvalue weighted by atomic mass is 9.97. The third kappa shape index (κ3) is 10.5. The summed E-state index contributed by atoms with van der Waals surface area (Å²) in [5.74, 6) is 1.33. The lowest BCUT2D eigenvalue weighted by Crippen LogP contribution is -2.44. The molecule has 1 saturated heterocycles. The lowest BCUT2D eigenvalue weighted by Gasteiger charge is -2.39. The molecule has 4 atom stereocenters. The zero-order valence-electron chi connectivity index (χ0n) is 34.8. The standard InChI is InChI=1S/C28H35N3O2.C21H21IN2O2/c1-20-14-15-23(19-29)18-24(20)27-28(32)31(25-12-5-6-13-26(25)33-27)17-8-4-7-16-30-21(2)10-9-11-22(30)3;1-15-9-10-16(14-23)13-17(15)20-21(25)24(12-6-2-5-11-22)18-7-3-4-8-19(18)26-20/h5-6,12-15,18,21-22,27H,4,7-11,16-17H2,1-3H3;3-4,7-10,13,20H,2,5-6,11-12H2,1H3/t21-,22+,27-;20-/m00/s1. The molecule has 9 nitrogen and oxygen atoms in total. The molecule has 0 spiro atoms. The molecular formula is C49H56IN5O4. The first-order valence-corrected chi connectivity index (χ1v) is 22.6. The maximum Gasteiger partial charge on any atom is 0.272 e. The van der Waals surface area contributed by atoms with Crippen LogP contribution in [0.5, 0.6) is 11.5 Å². The number of alkyl halides is 1. The van der Waals surface area contributed by atoms with Gasteiger partial charge in [0.1, 0.15) is 11.5 Å². The summed E-state index contributed by atoms with van der Waals surface area (Å²) in [6.45, 7) is 11.1. The van der Waals surface area contributed by atoms with Crippen LogP contribution in [-0.2, 0) is 9.59 Å². The van der Waals surface area contributed by atoms with Crippen molar-refractivity contribution in [3.8, 4) is 23.6 Å². The van der Waals surface area contributed by atoms with Gasteiger partial charge in [-0.05, 0) is 137 Å². The summed E-state index contributed by atoms with van der Waals surface area (Å²) in [5.41, 5.74) is 6.19. The SMILES string of the molecule is Cc1ccc(C#N)cc1[C@@H]1Oc2ccccc2N(CCCCCI)C1=O.Cc1ccc(C#N)cc1[C@@H]1Oc2ccccc2N(CCCCCN2[C@H](C)CCC[C@@H]2C)C1=O. The summed E-state index contributed by atoms with van der Waals surface area (Å²) < 4.78 is 13.4. The first-order chi connectivity index (χ1) is 28.6. The Bertz CT molecular complexity index is 2170. The molecule has 0 radical (unpaired) electrons. The molecule has 7 rings (SSSR count). The normalized spacial score (nSPS) is 19.9. The maximum absolute atomic E-state index is 13.5. The third-order valence-electron chi connectivity index (χ3n) is 11.9. The van der Waals surface area contributed by atoms with Gasteiger partial charge in [-0.2, -0.15) is 10.5 Å². The molecule has 59 heavy (non-hydrogen) atoms. The molecule has 0 N–H and O–H groups in total. The van der Waals surface area contributed by atoms with Gasteiger partial charge in [0.05, 0.1) is 34.6 Å². The number of nitriles is 2. The van der Waals surface area contributed by atoms with Gasteiger partial charge in [-0.3, -0.25) is 14.5 Å². The van der Waals surface area contributed by atoms with Crippen molar-refractivity contribution in [2.24, 2.45) is 0 Å². The van der Waals surface area contributed by atoms with Crippen LogP contribution in [0.1, 0.15) is 117 Å². The highest BCUT2D eigenvalue weighted by Crippen LogP contribution is 2.41. The number of carbonyl (C=O) groups is 2. The number of benzene rings is 4. The number of piperidine rings is 1. The van der Waals surface area contributed by atoms with Crippen LogP contribution in [0.15, 0.2) is 84.9 Å². The molecule has 308 valence electrons. The Morgan fingerprint density at radius 3 is 1.53 bits per heavy atom. The number of anilines is 2. The molecular weight excluding hydrogens is 849 g/mol. The van der Waals surface area contributed by atoms with Gasteiger partial charge in [-0.15, -0.1) is 0 Å². The first kappa shape index (κ1) is 43.7. The predicted molar refractivity (Wildman–Crippen MR) is 242 cm³/mol. The fourth-order valence-corrected chi connectivity index (χ4v) is 9.01. The van der Waals surface area contributed by atoms with Crippen LogP contribution in [0.2, 0.25) is 0 Å². The molecule has 3 heterocycles. The highest BCUT2D eigenvalue weighted by atomic mass is 127. The van der Waals surface area contributed by atoms with Gasteiger partial charge in [0.25, 0.3) is 11.8 Å². The van der Waals surface area contributed by atoms with E-state index >= 15 is 0 Å². The van der Waals surface area contributed by atoms with Crippen molar-refractivity contribution in [1.82, 2.24) is 4.90 Å². The van der Waals surface area contributed by atoms with Gasteiger partial charge in [0.2, 0.25) is 12.2 Å². The number of ether oxygens (including phenoxy) is 2. The summed E-state index contributed by atoms with van der Waals surface area (Å²) in [6, 6.07) is 32.0. The van der Waals surface area contributed by atoms with E-state index in [1.807, 2.05) is 84.3 Å².